The van der Waals surface area contributed by atoms with E-state index in [0.717, 1.165) is 39.4 Å². The van der Waals surface area contributed by atoms with Gasteiger partial charge in [0.15, 0.2) is 0 Å². The predicted molar refractivity (Wildman–Crippen MR) is 221 cm³/mol. The molecule has 4 heteroatoms. The second-order valence-corrected chi connectivity index (χ2v) is 19.4. The van der Waals surface area contributed by atoms with Crippen LogP contribution in [-0.2, 0) is 30.1 Å². The molecule has 1 radical (unpaired) electrons. The summed E-state index contributed by atoms with van der Waals surface area (Å²) >= 11 is 0. The summed E-state index contributed by atoms with van der Waals surface area (Å²) in [4.78, 5) is 5.23. The Morgan fingerprint density at radius 2 is 1.31 bits per heavy atom. The quantitative estimate of drug-likeness (QED) is 0.123. The molecule has 6 aromatic rings. The van der Waals surface area contributed by atoms with E-state index in [1.165, 1.54) is 98.2 Å². The maximum Gasteiger partial charge on any atom is 0.147 e. The molecule has 0 N–H and O–H groups in total. The van der Waals surface area contributed by atoms with Gasteiger partial charge in [-0.1, -0.05) is 116 Å². The van der Waals surface area contributed by atoms with Crippen LogP contribution < -0.4 is 15.9 Å². The van der Waals surface area contributed by atoms with Crippen LogP contribution in [-0.4, -0.2) is 4.98 Å². The van der Waals surface area contributed by atoms with Gasteiger partial charge in [0, 0.05) is 36.1 Å². The number of benzene rings is 5. The van der Waals surface area contributed by atoms with E-state index in [1.807, 2.05) is 84.9 Å². The predicted octanol–water partition coefficient (Wildman–Crippen LogP) is 11.6. The van der Waals surface area contributed by atoms with Crippen molar-refractivity contribution in [2.45, 2.75) is 88.9 Å². The Bertz CT molecular complexity index is 2110. The topological polar surface area (TPSA) is 30.0 Å². The Kier molecular flexibility index (Phi) is 11.0. The maximum absolute atomic E-state index is 13.8. The van der Waals surface area contributed by atoms with Crippen LogP contribution in [0.2, 0.25) is 0 Å². The smallest absolute Gasteiger partial charge is 0.147 e. The molecule has 0 amide bonds. The molecular formula is C50H50IrNOP-2. The molecule has 54 heavy (non-hydrogen) atoms. The largest absolute Gasteiger partial charge is 0.311 e. The fourth-order valence-electron chi connectivity index (χ4n) is 11.0. The average Bonchev–Trinajstić information content (AvgIpc) is 3.21. The summed E-state index contributed by atoms with van der Waals surface area (Å²) in [6.07, 6.45) is 15.6. The molecule has 0 spiro atoms. The van der Waals surface area contributed by atoms with E-state index in [9.17, 15) is 4.57 Å². The van der Waals surface area contributed by atoms with Gasteiger partial charge in [-0.2, -0.15) is 30.3 Å². The molecule has 1 heterocycles. The number of pyridine rings is 1. The van der Waals surface area contributed by atoms with Crippen molar-refractivity contribution in [1.82, 2.24) is 4.98 Å². The molecular weight excluding hydrogens is 854 g/mol. The Labute approximate surface area is 336 Å². The standard InChI is InChI=1S/C32H36N.C18H14OP.Ir/c1-21-12-26(25-6-3-2-4-7-25)17-27(13-21)30-11-10-28-29(8-5-9-31(28)33-30)32-18-22-14-23(19-32)16-24(15-22)20-32;19-20(16-10-4-1-5-11-16,17-12-6-2-7-13-17)18-14-8-3-9-15-18;/h5,8-12,17,22-25H,2-4,6-7,14-16,18-20H2,1H3;1-14H;/q2*-1;. The van der Waals surface area contributed by atoms with Crippen LogP contribution in [0.4, 0.5) is 0 Å². The molecule has 5 aliphatic rings. The molecule has 5 aromatic carbocycles. The van der Waals surface area contributed by atoms with E-state index in [0.29, 0.717) is 11.3 Å². The first-order valence-corrected chi connectivity index (χ1v) is 21.8. The summed E-state index contributed by atoms with van der Waals surface area (Å²) in [6, 6.07) is 49.9. The van der Waals surface area contributed by atoms with E-state index < -0.39 is 7.14 Å². The first-order chi connectivity index (χ1) is 26.0. The van der Waals surface area contributed by atoms with Gasteiger partial charge in [-0.3, -0.25) is 4.98 Å². The molecule has 1 aromatic heterocycles. The Balaban J connectivity index is 0.000000170. The van der Waals surface area contributed by atoms with Gasteiger partial charge in [-0.25, -0.2) is 0 Å². The van der Waals surface area contributed by atoms with Crippen LogP contribution in [0.25, 0.3) is 22.2 Å². The number of aryl methyl sites for hydroxylation is 1. The molecule has 4 bridgehead atoms. The number of rotatable bonds is 6. The number of hydrogen-bond acceptors (Lipinski definition) is 2. The van der Waals surface area contributed by atoms with E-state index in [4.69, 9.17) is 4.98 Å². The van der Waals surface area contributed by atoms with Crippen molar-refractivity contribution in [2.75, 3.05) is 0 Å². The van der Waals surface area contributed by atoms with Gasteiger partial charge in [0.25, 0.3) is 0 Å². The van der Waals surface area contributed by atoms with E-state index in [1.54, 1.807) is 5.56 Å². The molecule has 5 saturated carbocycles. The zero-order valence-electron chi connectivity index (χ0n) is 31.3. The number of fused-ring (bicyclic) bond motifs is 1. The Hall–Kier alpha value is -3.61. The van der Waals surface area contributed by atoms with Crippen LogP contribution in [0.1, 0.15) is 93.2 Å². The van der Waals surface area contributed by atoms with Gasteiger partial charge in [-0.15, -0.1) is 34.9 Å². The molecule has 5 aliphatic carbocycles. The molecule has 0 saturated heterocycles. The summed E-state index contributed by atoms with van der Waals surface area (Å²) in [5.74, 6) is 3.63. The third-order valence-electron chi connectivity index (χ3n) is 13.0. The van der Waals surface area contributed by atoms with Crippen molar-refractivity contribution >= 4 is 34.0 Å². The third kappa shape index (κ3) is 7.25. The maximum atomic E-state index is 13.8. The Morgan fingerprint density at radius 3 is 1.93 bits per heavy atom. The summed E-state index contributed by atoms with van der Waals surface area (Å²) < 4.78 is 13.8. The van der Waals surface area contributed by atoms with Crippen LogP contribution >= 0.6 is 7.14 Å². The normalized spacial score (nSPS) is 23.3. The number of nitrogens with zero attached hydrogens (tertiary/aromatic N) is 1. The van der Waals surface area contributed by atoms with Gasteiger partial charge in [0.1, 0.15) is 7.14 Å². The van der Waals surface area contributed by atoms with Crippen LogP contribution in [0.3, 0.4) is 0 Å². The fraction of sp³-hybridized carbons (Fsp3) is 0.340. The molecule has 11 rings (SSSR count). The summed E-state index contributed by atoms with van der Waals surface area (Å²) in [5.41, 5.74) is 8.22. The minimum absolute atomic E-state index is 0. The Morgan fingerprint density at radius 1 is 0.685 bits per heavy atom. The SMILES string of the molecule is Cc1[c-]c(-c2ccc3c(C45CC6CC(CC(C6)C4)C5)cccc3n2)cc(C2CCCCC2)c1.O=P(c1[c-]cccc1)(c1ccccc1)c1ccccc1.[Ir]. The summed E-state index contributed by atoms with van der Waals surface area (Å²) in [6.45, 7) is 2.20. The zero-order valence-corrected chi connectivity index (χ0v) is 34.6. The second-order valence-electron chi connectivity index (χ2n) is 16.6. The first-order valence-electron chi connectivity index (χ1n) is 20.1. The average molecular weight is 904 g/mol. The van der Waals surface area contributed by atoms with Crippen molar-refractivity contribution in [3.8, 4) is 11.3 Å². The molecule has 0 atom stereocenters. The minimum atomic E-state index is -2.83. The van der Waals surface area contributed by atoms with E-state index >= 15 is 0 Å². The third-order valence-corrected chi connectivity index (χ3v) is 16.0. The zero-order chi connectivity index (χ0) is 35.8. The van der Waals surface area contributed by atoms with Gasteiger partial charge in [0.2, 0.25) is 0 Å². The van der Waals surface area contributed by atoms with Gasteiger partial charge in [-0.05, 0) is 97.8 Å². The molecule has 0 aliphatic heterocycles. The molecule has 5 fully saturated rings. The van der Waals surface area contributed by atoms with Crippen molar-refractivity contribution in [1.29, 1.82) is 0 Å². The van der Waals surface area contributed by atoms with Crippen LogP contribution in [0, 0.1) is 36.8 Å². The number of hydrogen-bond donors (Lipinski definition) is 0. The second kappa shape index (κ2) is 15.9. The van der Waals surface area contributed by atoms with Crippen molar-refractivity contribution in [3.05, 3.63) is 156 Å². The fourth-order valence-corrected chi connectivity index (χ4v) is 13.6. The van der Waals surface area contributed by atoms with Crippen molar-refractivity contribution in [2.24, 2.45) is 17.8 Å². The molecule has 2 nitrogen and oxygen atoms in total. The summed E-state index contributed by atoms with van der Waals surface area (Å²) in [7, 11) is -2.83. The van der Waals surface area contributed by atoms with Gasteiger partial charge < -0.3 is 4.57 Å². The van der Waals surface area contributed by atoms with Crippen LogP contribution in [0.5, 0.6) is 0 Å². The number of aromatic nitrogens is 1. The summed E-state index contributed by atoms with van der Waals surface area (Å²) in [5, 5.41) is 3.84. The van der Waals surface area contributed by atoms with Crippen molar-refractivity contribution in [3.63, 3.8) is 0 Å². The van der Waals surface area contributed by atoms with E-state index in [2.05, 4.69) is 61.5 Å². The molecule has 277 valence electrons. The monoisotopic (exact) mass is 904 g/mol. The van der Waals surface area contributed by atoms with Crippen molar-refractivity contribution < 1.29 is 24.7 Å². The van der Waals surface area contributed by atoms with E-state index in [-0.39, 0.29) is 20.1 Å². The molecule has 0 unspecified atom stereocenters. The minimum Gasteiger partial charge on any atom is -0.311 e. The van der Waals surface area contributed by atoms with Gasteiger partial charge in [0.05, 0.1) is 5.52 Å². The van der Waals surface area contributed by atoms with Crippen LogP contribution in [0.15, 0.2) is 127 Å². The first kappa shape index (κ1) is 37.3. The van der Waals surface area contributed by atoms with Gasteiger partial charge >= 0.3 is 0 Å².